The maximum Gasteiger partial charge on any atom is 0.341 e. The van der Waals surface area contributed by atoms with Crippen LogP contribution in [0.4, 0.5) is 0 Å². The van der Waals surface area contributed by atoms with Crippen molar-refractivity contribution in [3.05, 3.63) is 11.6 Å². The summed E-state index contributed by atoms with van der Waals surface area (Å²) in [7, 11) is 0. The molecule has 1 fully saturated rings. The first kappa shape index (κ1) is 19.9. The molecule has 0 unspecified atom stereocenters. The summed E-state index contributed by atoms with van der Waals surface area (Å²) in [4.78, 5) is 26.0. The number of hydrogen-bond acceptors (Lipinski definition) is 7. The largest absolute Gasteiger partial charge is 0.460 e. The van der Waals surface area contributed by atoms with Crippen molar-refractivity contribution in [1.29, 1.82) is 0 Å². The number of aliphatic hydroxyl groups excluding tert-OH is 1. The van der Waals surface area contributed by atoms with E-state index < -0.39 is 29.1 Å². The van der Waals surface area contributed by atoms with Gasteiger partial charge in [-0.05, 0) is 31.8 Å². The zero-order chi connectivity index (χ0) is 19.0. The lowest BCUT2D eigenvalue weighted by Crippen LogP contribution is -2.54. The monoisotopic (exact) mass is 355 g/mol. The first-order chi connectivity index (χ1) is 11.5. The molecule has 2 N–H and O–H groups in total. The second-order valence-corrected chi connectivity index (χ2v) is 7.44. The van der Waals surface area contributed by atoms with Crippen molar-refractivity contribution in [2.24, 2.45) is 5.92 Å². The van der Waals surface area contributed by atoms with Crippen LogP contribution >= 0.6 is 0 Å². The highest BCUT2D eigenvalue weighted by Crippen LogP contribution is 2.41. The molecule has 4 atom stereocenters. The van der Waals surface area contributed by atoms with Gasteiger partial charge in [-0.2, -0.15) is 0 Å². The Morgan fingerprint density at radius 2 is 2.08 bits per heavy atom. The van der Waals surface area contributed by atoms with Gasteiger partial charge in [-0.15, -0.1) is 0 Å². The summed E-state index contributed by atoms with van der Waals surface area (Å²) in [6.07, 6.45) is 1.16. The van der Waals surface area contributed by atoms with Crippen LogP contribution in [0, 0.1) is 5.92 Å². The molecule has 2 rings (SSSR count). The van der Waals surface area contributed by atoms with Crippen molar-refractivity contribution < 1.29 is 29.3 Å². The number of esters is 2. The molecule has 0 saturated carbocycles. The molecule has 2 heterocycles. The molecular weight excluding hydrogens is 326 g/mol. The number of carbonyl (C=O) groups excluding carboxylic acids is 2. The van der Waals surface area contributed by atoms with Crippen LogP contribution in [-0.2, 0) is 19.1 Å². The Morgan fingerprint density at radius 3 is 2.60 bits per heavy atom. The molecule has 25 heavy (non-hydrogen) atoms. The lowest BCUT2D eigenvalue weighted by molar-refractivity contribution is -0.184. The third-order valence-corrected chi connectivity index (χ3v) is 5.66. The SMILES string of the molecule is CC(=O)O[C@H]1CCN2CC=C(COC(=O)[C@](O)(C(C)C)[C@H](C)O)[C@]12C. The molecule has 0 radical (unpaired) electrons. The number of aliphatic hydroxyl groups is 2. The van der Waals surface area contributed by atoms with Crippen molar-refractivity contribution in [2.45, 2.75) is 64.4 Å². The van der Waals surface area contributed by atoms with Crippen LogP contribution in [0.5, 0.6) is 0 Å². The highest BCUT2D eigenvalue weighted by Gasteiger charge is 2.53. The zero-order valence-electron chi connectivity index (χ0n) is 15.6. The van der Waals surface area contributed by atoms with Gasteiger partial charge >= 0.3 is 11.9 Å². The third-order valence-electron chi connectivity index (χ3n) is 5.66. The van der Waals surface area contributed by atoms with Gasteiger partial charge in [0.25, 0.3) is 0 Å². The number of fused-ring (bicyclic) bond motifs is 1. The number of hydrogen-bond donors (Lipinski definition) is 2. The summed E-state index contributed by atoms with van der Waals surface area (Å²) >= 11 is 0. The second-order valence-electron chi connectivity index (χ2n) is 7.44. The molecule has 2 aliphatic rings. The average Bonchev–Trinajstić information content (AvgIpc) is 2.99. The van der Waals surface area contributed by atoms with Crippen molar-refractivity contribution in [3.8, 4) is 0 Å². The molecule has 0 bridgehead atoms. The summed E-state index contributed by atoms with van der Waals surface area (Å²) < 4.78 is 10.8. The Morgan fingerprint density at radius 1 is 1.44 bits per heavy atom. The van der Waals surface area contributed by atoms with E-state index in [0.717, 1.165) is 18.5 Å². The summed E-state index contributed by atoms with van der Waals surface area (Å²) in [6, 6.07) is 0. The van der Waals surface area contributed by atoms with Crippen molar-refractivity contribution >= 4 is 11.9 Å². The maximum atomic E-state index is 12.4. The van der Waals surface area contributed by atoms with E-state index in [0.29, 0.717) is 6.54 Å². The first-order valence-electron chi connectivity index (χ1n) is 8.74. The van der Waals surface area contributed by atoms with Gasteiger partial charge in [0.1, 0.15) is 12.7 Å². The van der Waals surface area contributed by atoms with Crippen LogP contribution in [-0.4, -0.2) is 70.1 Å². The minimum atomic E-state index is -1.95. The summed E-state index contributed by atoms with van der Waals surface area (Å²) in [6.45, 7) is 9.52. The summed E-state index contributed by atoms with van der Waals surface area (Å²) in [5.74, 6) is -1.67. The van der Waals surface area contributed by atoms with Crippen LogP contribution in [0.3, 0.4) is 0 Å². The molecule has 2 aliphatic heterocycles. The Balaban J connectivity index is 2.10. The van der Waals surface area contributed by atoms with Gasteiger partial charge in [-0.25, -0.2) is 4.79 Å². The number of carbonyl (C=O) groups is 2. The number of nitrogens with zero attached hydrogens (tertiary/aromatic N) is 1. The van der Waals surface area contributed by atoms with Gasteiger partial charge in [-0.3, -0.25) is 9.69 Å². The summed E-state index contributed by atoms with van der Waals surface area (Å²) in [5, 5.41) is 20.3. The van der Waals surface area contributed by atoms with Crippen LogP contribution < -0.4 is 0 Å². The molecule has 0 aromatic rings. The van der Waals surface area contributed by atoms with Crippen LogP contribution in [0.25, 0.3) is 0 Å². The lowest BCUT2D eigenvalue weighted by atomic mass is 9.85. The normalized spacial score (nSPS) is 29.8. The Labute approximate surface area is 148 Å². The minimum absolute atomic E-state index is 0.00858. The molecule has 7 nitrogen and oxygen atoms in total. The molecule has 0 spiro atoms. The Kier molecular flexibility index (Phi) is 5.61. The van der Waals surface area contributed by atoms with E-state index in [-0.39, 0.29) is 18.7 Å². The molecule has 0 aromatic heterocycles. The van der Waals surface area contributed by atoms with Crippen LogP contribution in [0.1, 0.15) is 41.0 Å². The van der Waals surface area contributed by atoms with E-state index in [1.807, 2.05) is 13.0 Å². The average molecular weight is 355 g/mol. The van der Waals surface area contributed by atoms with Gasteiger partial charge < -0.3 is 19.7 Å². The van der Waals surface area contributed by atoms with Crippen LogP contribution in [0.2, 0.25) is 0 Å². The standard InChI is InChI=1S/C18H29NO6/c1-11(2)18(23,12(3)20)16(22)24-10-14-6-8-19-9-7-15(17(14,19)5)25-13(4)21/h6,11-12,15,20,23H,7-10H2,1-5H3/t12-,15-,17+,18-/m0/s1. The van der Waals surface area contributed by atoms with E-state index in [1.165, 1.54) is 13.8 Å². The van der Waals surface area contributed by atoms with Crippen molar-refractivity contribution in [3.63, 3.8) is 0 Å². The third kappa shape index (κ3) is 3.32. The van der Waals surface area contributed by atoms with E-state index >= 15 is 0 Å². The van der Waals surface area contributed by atoms with Gasteiger partial charge in [-0.1, -0.05) is 19.9 Å². The molecule has 142 valence electrons. The fraction of sp³-hybridized carbons (Fsp3) is 0.778. The second kappa shape index (κ2) is 7.05. The Hall–Kier alpha value is -1.44. The maximum absolute atomic E-state index is 12.4. The van der Waals surface area contributed by atoms with E-state index in [4.69, 9.17) is 9.47 Å². The van der Waals surface area contributed by atoms with Gasteiger partial charge in [0.15, 0.2) is 5.60 Å². The van der Waals surface area contributed by atoms with Gasteiger partial charge in [0, 0.05) is 20.0 Å². The minimum Gasteiger partial charge on any atom is -0.460 e. The van der Waals surface area contributed by atoms with Gasteiger partial charge in [0.05, 0.1) is 11.6 Å². The highest BCUT2D eigenvalue weighted by molar-refractivity contribution is 5.80. The predicted octanol–water partition coefficient (Wildman–Crippen LogP) is 0.634. The molecular formula is C18H29NO6. The fourth-order valence-electron chi connectivity index (χ4n) is 3.83. The van der Waals surface area contributed by atoms with Gasteiger partial charge in [0.2, 0.25) is 0 Å². The molecule has 0 aliphatic carbocycles. The topological polar surface area (TPSA) is 96.3 Å². The van der Waals surface area contributed by atoms with E-state index in [2.05, 4.69) is 4.90 Å². The Bertz CT molecular complexity index is 562. The predicted molar refractivity (Wildman–Crippen MR) is 90.7 cm³/mol. The zero-order valence-corrected chi connectivity index (χ0v) is 15.6. The van der Waals surface area contributed by atoms with Crippen molar-refractivity contribution in [2.75, 3.05) is 19.7 Å². The van der Waals surface area contributed by atoms with Crippen molar-refractivity contribution in [1.82, 2.24) is 4.90 Å². The van der Waals surface area contributed by atoms with Crippen LogP contribution in [0.15, 0.2) is 11.6 Å². The quantitative estimate of drug-likeness (QED) is 0.533. The highest BCUT2D eigenvalue weighted by atomic mass is 16.6. The molecule has 0 aromatic carbocycles. The molecule has 0 amide bonds. The number of ether oxygens (including phenoxy) is 2. The van der Waals surface area contributed by atoms with E-state index in [1.54, 1.807) is 13.8 Å². The number of rotatable bonds is 6. The first-order valence-corrected chi connectivity index (χ1v) is 8.74. The molecule has 1 saturated heterocycles. The molecule has 7 heteroatoms. The van der Waals surface area contributed by atoms with E-state index in [9.17, 15) is 19.8 Å². The summed E-state index contributed by atoms with van der Waals surface area (Å²) in [5.41, 5.74) is -1.61. The smallest absolute Gasteiger partial charge is 0.341 e. The fourth-order valence-corrected chi connectivity index (χ4v) is 3.83. The lowest BCUT2D eigenvalue weighted by Gasteiger charge is -2.36.